The molecule has 2 nitrogen and oxygen atoms in total. The number of hydrogen-bond acceptors (Lipinski definition) is 2. The van der Waals surface area contributed by atoms with Crippen LogP contribution in [0.3, 0.4) is 0 Å². The lowest BCUT2D eigenvalue weighted by molar-refractivity contribution is 0.597. The van der Waals surface area contributed by atoms with Crippen LogP contribution < -0.4 is 11.5 Å². The summed E-state index contributed by atoms with van der Waals surface area (Å²) in [6.07, 6.45) is 1.54. The van der Waals surface area contributed by atoms with Gasteiger partial charge >= 0.3 is 0 Å². The van der Waals surface area contributed by atoms with E-state index in [9.17, 15) is 4.39 Å². The van der Waals surface area contributed by atoms with Gasteiger partial charge in [-0.25, -0.2) is 4.39 Å². The van der Waals surface area contributed by atoms with Gasteiger partial charge in [-0.1, -0.05) is 11.6 Å². The summed E-state index contributed by atoms with van der Waals surface area (Å²) in [7, 11) is 0. The Hall–Kier alpha value is -0.640. The van der Waals surface area contributed by atoms with Crippen molar-refractivity contribution in [3.63, 3.8) is 0 Å². The predicted molar refractivity (Wildman–Crippen MR) is 56.6 cm³/mol. The average Bonchev–Trinajstić information content (AvgIpc) is 2.18. The third kappa shape index (κ3) is 2.94. The topological polar surface area (TPSA) is 52.0 Å². The monoisotopic (exact) mass is 216 g/mol. The highest BCUT2D eigenvalue weighted by Crippen LogP contribution is 2.24. The molecule has 0 fully saturated rings. The van der Waals surface area contributed by atoms with E-state index in [0.717, 1.165) is 12.8 Å². The lowest BCUT2D eigenvalue weighted by Crippen LogP contribution is -2.13. The summed E-state index contributed by atoms with van der Waals surface area (Å²) in [5.74, 6) is -0.312. The van der Waals surface area contributed by atoms with Crippen LogP contribution in [0.2, 0.25) is 5.02 Å². The number of halogens is 2. The summed E-state index contributed by atoms with van der Waals surface area (Å²) >= 11 is 5.89. The van der Waals surface area contributed by atoms with Gasteiger partial charge in [0.2, 0.25) is 0 Å². The average molecular weight is 217 g/mol. The smallest absolute Gasteiger partial charge is 0.123 e. The second-order valence-corrected chi connectivity index (χ2v) is 3.61. The van der Waals surface area contributed by atoms with E-state index >= 15 is 0 Å². The third-order valence-electron chi connectivity index (χ3n) is 2.08. The van der Waals surface area contributed by atoms with E-state index < -0.39 is 0 Å². The second kappa shape index (κ2) is 5.29. The van der Waals surface area contributed by atoms with Crippen LogP contribution >= 0.6 is 11.6 Å². The van der Waals surface area contributed by atoms with E-state index in [0.29, 0.717) is 17.1 Å². The Morgan fingerprint density at radius 2 is 2.14 bits per heavy atom. The van der Waals surface area contributed by atoms with Gasteiger partial charge in [0.15, 0.2) is 0 Å². The second-order valence-electron chi connectivity index (χ2n) is 3.20. The minimum Gasteiger partial charge on any atom is -0.330 e. The Labute approximate surface area is 88.0 Å². The maximum absolute atomic E-state index is 12.9. The first-order valence-electron chi connectivity index (χ1n) is 4.55. The zero-order valence-electron chi connectivity index (χ0n) is 7.84. The predicted octanol–water partition coefficient (Wildman–Crippen LogP) is 2.22. The van der Waals surface area contributed by atoms with Crippen LogP contribution in [-0.2, 0) is 0 Å². The Bertz CT molecular complexity index is 304. The lowest BCUT2D eigenvalue weighted by atomic mass is 10.0. The van der Waals surface area contributed by atoms with Crippen molar-refractivity contribution in [2.24, 2.45) is 11.5 Å². The highest BCUT2D eigenvalue weighted by molar-refractivity contribution is 6.31. The molecule has 0 unspecified atom stereocenters. The molecule has 0 spiro atoms. The van der Waals surface area contributed by atoms with E-state index in [-0.39, 0.29) is 11.9 Å². The quantitative estimate of drug-likeness (QED) is 0.811. The summed E-state index contributed by atoms with van der Waals surface area (Å²) in [4.78, 5) is 0. The Morgan fingerprint density at radius 3 is 2.79 bits per heavy atom. The number of nitrogens with two attached hydrogens (primary N) is 2. The molecule has 0 aliphatic heterocycles. The maximum Gasteiger partial charge on any atom is 0.123 e. The zero-order valence-corrected chi connectivity index (χ0v) is 8.60. The molecule has 1 rings (SSSR count). The van der Waals surface area contributed by atoms with Gasteiger partial charge in [0.05, 0.1) is 0 Å². The van der Waals surface area contributed by atoms with Gasteiger partial charge in [0.1, 0.15) is 5.82 Å². The van der Waals surface area contributed by atoms with Crippen LogP contribution in [0, 0.1) is 5.82 Å². The summed E-state index contributed by atoms with van der Waals surface area (Å²) in [5.41, 5.74) is 11.9. The van der Waals surface area contributed by atoms with Crippen molar-refractivity contribution in [3.8, 4) is 0 Å². The van der Waals surface area contributed by atoms with Crippen LogP contribution in [0.25, 0.3) is 0 Å². The highest BCUT2D eigenvalue weighted by atomic mass is 35.5. The van der Waals surface area contributed by atoms with Gasteiger partial charge in [0.25, 0.3) is 0 Å². The maximum atomic E-state index is 12.9. The van der Waals surface area contributed by atoms with Crippen molar-refractivity contribution in [2.75, 3.05) is 6.54 Å². The van der Waals surface area contributed by atoms with E-state index in [1.165, 1.54) is 18.2 Å². The molecular formula is C10H14ClFN2. The molecule has 0 aliphatic rings. The van der Waals surface area contributed by atoms with Crippen LogP contribution in [0.5, 0.6) is 0 Å². The van der Waals surface area contributed by atoms with E-state index in [2.05, 4.69) is 0 Å². The van der Waals surface area contributed by atoms with Gasteiger partial charge in [-0.2, -0.15) is 0 Å². The summed E-state index contributed by atoms with van der Waals surface area (Å²) in [6, 6.07) is 3.99. The molecule has 1 aromatic rings. The first-order chi connectivity index (χ1) is 6.65. The van der Waals surface area contributed by atoms with Crippen LogP contribution in [0.1, 0.15) is 24.4 Å². The fraction of sp³-hybridized carbons (Fsp3) is 0.400. The number of hydrogen-bond donors (Lipinski definition) is 2. The molecule has 78 valence electrons. The Morgan fingerprint density at radius 1 is 1.43 bits per heavy atom. The van der Waals surface area contributed by atoms with E-state index in [1.54, 1.807) is 0 Å². The molecule has 4 N–H and O–H groups in total. The Balaban J connectivity index is 2.77. The summed E-state index contributed by atoms with van der Waals surface area (Å²) in [5, 5.41) is 0.510. The largest absolute Gasteiger partial charge is 0.330 e. The Kier molecular flexibility index (Phi) is 4.32. The molecule has 0 aliphatic carbocycles. The highest BCUT2D eigenvalue weighted by Gasteiger charge is 2.10. The van der Waals surface area contributed by atoms with Crippen molar-refractivity contribution in [1.29, 1.82) is 0 Å². The van der Waals surface area contributed by atoms with Crippen molar-refractivity contribution in [3.05, 3.63) is 34.6 Å². The first-order valence-corrected chi connectivity index (χ1v) is 4.93. The summed E-state index contributed by atoms with van der Waals surface area (Å²) < 4.78 is 12.9. The lowest BCUT2D eigenvalue weighted by Gasteiger charge is -2.12. The molecule has 14 heavy (non-hydrogen) atoms. The van der Waals surface area contributed by atoms with Crippen molar-refractivity contribution < 1.29 is 4.39 Å². The van der Waals surface area contributed by atoms with Crippen molar-refractivity contribution >= 4 is 11.6 Å². The molecule has 0 heterocycles. The van der Waals surface area contributed by atoms with Crippen LogP contribution in [0.4, 0.5) is 4.39 Å². The molecule has 4 heteroatoms. The summed E-state index contributed by atoms with van der Waals surface area (Å²) in [6.45, 7) is 0.584. The van der Waals surface area contributed by atoms with Crippen LogP contribution in [0.15, 0.2) is 18.2 Å². The SMILES string of the molecule is NCCC[C@@H](N)c1cc(F)ccc1Cl. The van der Waals surface area contributed by atoms with E-state index in [1.807, 2.05) is 0 Å². The number of benzene rings is 1. The standard InChI is InChI=1S/C10H14ClFN2/c11-9-4-3-7(12)6-8(9)10(14)2-1-5-13/h3-4,6,10H,1-2,5,13-14H2/t10-/m1/s1. The van der Waals surface area contributed by atoms with Crippen LogP contribution in [-0.4, -0.2) is 6.54 Å². The minimum atomic E-state index is -0.312. The van der Waals surface area contributed by atoms with Gasteiger partial charge in [-0.15, -0.1) is 0 Å². The van der Waals surface area contributed by atoms with Crippen molar-refractivity contribution in [1.82, 2.24) is 0 Å². The fourth-order valence-electron chi connectivity index (χ4n) is 1.29. The molecule has 0 radical (unpaired) electrons. The van der Waals surface area contributed by atoms with Gasteiger partial charge < -0.3 is 11.5 Å². The van der Waals surface area contributed by atoms with Crippen molar-refractivity contribution in [2.45, 2.75) is 18.9 Å². The first kappa shape index (κ1) is 11.4. The molecule has 1 aromatic carbocycles. The van der Waals surface area contributed by atoms with Gasteiger partial charge in [-0.05, 0) is 43.1 Å². The molecule has 0 amide bonds. The molecular weight excluding hydrogens is 203 g/mol. The molecule has 0 bridgehead atoms. The van der Waals surface area contributed by atoms with Gasteiger partial charge in [-0.3, -0.25) is 0 Å². The minimum absolute atomic E-state index is 0.234. The number of rotatable bonds is 4. The molecule has 0 saturated heterocycles. The normalized spacial score (nSPS) is 12.9. The van der Waals surface area contributed by atoms with Gasteiger partial charge in [0, 0.05) is 11.1 Å². The zero-order chi connectivity index (χ0) is 10.6. The third-order valence-corrected chi connectivity index (χ3v) is 2.42. The van der Waals surface area contributed by atoms with E-state index in [4.69, 9.17) is 23.1 Å². The molecule has 1 atom stereocenters. The molecule has 0 aromatic heterocycles. The molecule has 0 saturated carbocycles. The fourth-order valence-corrected chi connectivity index (χ4v) is 1.55.